The van der Waals surface area contributed by atoms with E-state index in [9.17, 15) is 4.79 Å². The molecule has 0 aliphatic rings. The van der Waals surface area contributed by atoms with Crippen molar-refractivity contribution in [1.29, 1.82) is 0 Å². The summed E-state index contributed by atoms with van der Waals surface area (Å²) in [6.45, 7) is 4.01. The molecular weight excluding hydrogens is 336 g/mol. The lowest BCUT2D eigenvalue weighted by Crippen LogP contribution is -2.22. The predicted molar refractivity (Wildman–Crippen MR) is 107 cm³/mol. The molecule has 3 heteroatoms. The summed E-state index contributed by atoms with van der Waals surface area (Å²) in [6.07, 6.45) is 1.33. The van der Waals surface area contributed by atoms with E-state index in [-0.39, 0.29) is 11.9 Å². The second-order valence-corrected chi connectivity index (χ2v) is 6.61. The van der Waals surface area contributed by atoms with E-state index in [0.717, 1.165) is 22.6 Å². The van der Waals surface area contributed by atoms with Crippen molar-refractivity contribution < 1.29 is 14.3 Å². The molecule has 0 saturated heterocycles. The van der Waals surface area contributed by atoms with Crippen molar-refractivity contribution in [3.05, 3.63) is 90.0 Å². The second-order valence-electron chi connectivity index (χ2n) is 6.61. The van der Waals surface area contributed by atoms with Crippen LogP contribution in [-0.4, -0.2) is 5.97 Å². The molecule has 0 bridgehead atoms. The summed E-state index contributed by atoms with van der Waals surface area (Å²) in [6, 6.07) is 25.1. The maximum absolute atomic E-state index is 12.6. The lowest BCUT2D eigenvalue weighted by molar-refractivity contribution is -0.139. The summed E-state index contributed by atoms with van der Waals surface area (Å²) < 4.78 is 11.4. The average molecular weight is 360 g/mol. The molecule has 1 atom stereocenters. The maximum Gasteiger partial charge on any atom is 0.314 e. The van der Waals surface area contributed by atoms with Gasteiger partial charge in [0, 0.05) is 0 Å². The van der Waals surface area contributed by atoms with Crippen LogP contribution in [0.15, 0.2) is 78.9 Å². The molecule has 27 heavy (non-hydrogen) atoms. The van der Waals surface area contributed by atoms with Crippen molar-refractivity contribution in [2.45, 2.75) is 26.7 Å². The fourth-order valence-corrected chi connectivity index (χ4v) is 2.85. The standard InChI is InChI=1S/C24H24O3/c1-3-20(24(25)27-22-14-12-18(2)13-15-22)16-19-8-7-11-23(17-19)26-21-9-5-4-6-10-21/h4-15,17,20H,3,16H2,1-2H3. The number of benzene rings is 3. The Morgan fingerprint density at radius 1 is 0.852 bits per heavy atom. The van der Waals surface area contributed by atoms with Crippen molar-refractivity contribution in [2.75, 3.05) is 0 Å². The lowest BCUT2D eigenvalue weighted by atomic mass is 9.97. The summed E-state index contributed by atoms with van der Waals surface area (Å²) >= 11 is 0. The molecule has 0 N–H and O–H groups in total. The van der Waals surface area contributed by atoms with Gasteiger partial charge in [-0.25, -0.2) is 0 Å². The number of para-hydroxylation sites is 1. The zero-order valence-corrected chi connectivity index (χ0v) is 15.7. The number of rotatable bonds is 7. The Kier molecular flexibility index (Phi) is 6.26. The van der Waals surface area contributed by atoms with Crippen LogP contribution in [0.2, 0.25) is 0 Å². The van der Waals surface area contributed by atoms with Crippen LogP contribution in [0.1, 0.15) is 24.5 Å². The smallest absolute Gasteiger partial charge is 0.314 e. The molecule has 138 valence electrons. The monoisotopic (exact) mass is 360 g/mol. The summed E-state index contributed by atoms with van der Waals surface area (Å²) in [5, 5.41) is 0. The maximum atomic E-state index is 12.6. The molecule has 3 nitrogen and oxygen atoms in total. The van der Waals surface area contributed by atoms with Crippen LogP contribution in [0.3, 0.4) is 0 Å². The molecule has 0 fully saturated rings. The van der Waals surface area contributed by atoms with E-state index in [1.807, 2.05) is 92.7 Å². The van der Waals surface area contributed by atoms with Crippen LogP contribution in [0, 0.1) is 12.8 Å². The van der Waals surface area contributed by atoms with Gasteiger partial charge in [-0.3, -0.25) is 4.79 Å². The van der Waals surface area contributed by atoms with E-state index in [0.29, 0.717) is 18.6 Å². The normalized spacial score (nSPS) is 11.6. The lowest BCUT2D eigenvalue weighted by Gasteiger charge is -2.15. The van der Waals surface area contributed by atoms with Gasteiger partial charge in [0.15, 0.2) is 0 Å². The Balaban J connectivity index is 1.66. The summed E-state index contributed by atoms with van der Waals surface area (Å²) in [5.41, 5.74) is 2.19. The van der Waals surface area contributed by atoms with Crippen LogP contribution in [0.25, 0.3) is 0 Å². The van der Waals surface area contributed by atoms with Gasteiger partial charge in [0.05, 0.1) is 5.92 Å². The first-order valence-corrected chi connectivity index (χ1v) is 9.24. The fraction of sp³-hybridized carbons (Fsp3) is 0.208. The Hall–Kier alpha value is -3.07. The minimum absolute atomic E-state index is 0.196. The third kappa shape index (κ3) is 5.45. The summed E-state index contributed by atoms with van der Waals surface area (Å²) in [7, 11) is 0. The van der Waals surface area contributed by atoms with Crippen molar-refractivity contribution in [1.82, 2.24) is 0 Å². The number of hydrogen-bond acceptors (Lipinski definition) is 3. The van der Waals surface area contributed by atoms with Gasteiger partial charge in [0.2, 0.25) is 0 Å². The first-order chi connectivity index (χ1) is 13.1. The van der Waals surface area contributed by atoms with Gasteiger partial charge in [-0.1, -0.05) is 55.0 Å². The third-order valence-corrected chi connectivity index (χ3v) is 4.43. The molecule has 1 unspecified atom stereocenters. The molecule has 3 aromatic rings. The molecule has 0 spiro atoms. The van der Waals surface area contributed by atoms with Crippen molar-refractivity contribution in [2.24, 2.45) is 5.92 Å². The Morgan fingerprint density at radius 2 is 1.56 bits per heavy atom. The van der Waals surface area contributed by atoms with Crippen molar-refractivity contribution >= 4 is 5.97 Å². The predicted octanol–water partition coefficient (Wildman–Crippen LogP) is 5.96. The second kappa shape index (κ2) is 9.04. The first-order valence-electron chi connectivity index (χ1n) is 9.24. The largest absolute Gasteiger partial charge is 0.457 e. The SMILES string of the molecule is CCC(Cc1cccc(Oc2ccccc2)c1)C(=O)Oc1ccc(C)cc1. The van der Waals surface area contributed by atoms with Crippen LogP contribution < -0.4 is 9.47 Å². The van der Waals surface area contributed by atoms with Crippen LogP contribution >= 0.6 is 0 Å². The number of hydrogen-bond donors (Lipinski definition) is 0. The molecule has 0 heterocycles. The van der Waals surface area contributed by atoms with Crippen molar-refractivity contribution in [3.8, 4) is 17.2 Å². The summed E-state index contributed by atoms with van der Waals surface area (Å²) in [5.74, 6) is 1.75. The van der Waals surface area contributed by atoms with Crippen LogP contribution in [0.5, 0.6) is 17.2 Å². The van der Waals surface area contributed by atoms with E-state index in [4.69, 9.17) is 9.47 Å². The highest BCUT2D eigenvalue weighted by atomic mass is 16.5. The minimum atomic E-state index is -0.198. The number of aryl methyl sites for hydroxylation is 1. The first kappa shape index (κ1) is 18.7. The average Bonchev–Trinajstić information content (AvgIpc) is 2.69. The number of esters is 1. The molecule has 3 aromatic carbocycles. The van der Waals surface area contributed by atoms with Gasteiger partial charge in [-0.05, 0) is 61.7 Å². The van der Waals surface area contributed by atoms with Gasteiger partial charge in [0.25, 0.3) is 0 Å². The molecule has 0 radical (unpaired) electrons. The highest BCUT2D eigenvalue weighted by Gasteiger charge is 2.19. The third-order valence-electron chi connectivity index (χ3n) is 4.43. The van der Waals surface area contributed by atoms with E-state index in [1.165, 1.54) is 0 Å². The fourth-order valence-electron chi connectivity index (χ4n) is 2.85. The molecule has 3 rings (SSSR count). The minimum Gasteiger partial charge on any atom is -0.457 e. The van der Waals surface area contributed by atoms with Crippen molar-refractivity contribution in [3.63, 3.8) is 0 Å². The van der Waals surface area contributed by atoms with Crippen LogP contribution in [0.4, 0.5) is 0 Å². The van der Waals surface area contributed by atoms with Gasteiger partial charge in [-0.15, -0.1) is 0 Å². The zero-order chi connectivity index (χ0) is 19.1. The van der Waals surface area contributed by atoms with Crippen LogP contribution in [-0.2, 0) is 11.2 Å². The molecule has 0 saturated carbocycles. The highest BCUT2D eigenvalue weighted by molar-refractivity contribution is 5.75. The molecule has 0 aromatic heterocycles. The Bertz CT molecular complexity index is 870. The number of carbonyl (C=O) groups excluding carboxylic acids is 1. The Morgan fingerprint density at radius 3 is 2.26 bits per heavy atom. The van der Waals surface area contributed by atoms with E-state index in [2.05, 4.69) is 0 Å². The van der Waals surface area contributed by atoms with E-state index >= 15 is 0 Å². The van der Waals surface area contributed by atoms with Gasteiger partial charge < -0.3 is 9.47 Å². The topological polar surface area (TPSA) is 35.5 Å². The molecule has 0 aliphatic carbocycles. The number of carbonyl (C=O) groups is 1. The van der Waals surface area contributed by atoms with E-state index in [1.54, 1.807) is 0 Å². The van der Waals surface area contributed by atoms with Gasteiger partial charge >= 0.3 is 5.97 Å². The van der Waals surface area contributed by atoms with Gasteiger partial charge in [0.1, 0.15) is 17.2 Å². The highest BCUT2D eigenvalue weighted by Crippen LogP contribution is 2.24. The van der Waals surface area contributed by atoms with Gasteiger partial charge in [-0.2, -0.15) is 0 Å². The molecule has 0 amide bonds. The molecular formula is C24H24O3. The zero-order valence-electron chi connectivity index (χ0n) is 15.7. The quantitative estimate of drug-likeness (QED) is 0.385. The summed E-state index contributed by atoms with van der Waals surface area (Å²) in [4.78, 5) is 12.6. The Labute approximate surface area is 160 Å². The molecule has 0 aliphatic heterocycles. The van der Waals surface area contributed by atoms with E-state index < -0.39 is 0 Å². The number of ether oxygens (including phenoxy) is 2.